The normalized spacial score (nSPS) is 21.2. The summed E-state index contributed by atoms with van der Waals surface area (Å²) in [5, 5.41) is 7.06. The van der Waals surface area contributed by atoms with E-state index in [0.29, 0.717) is 18.9 Å². The van der Waals surface area contributed by atoms with Gasteiger partial charge < -0.3 is 9.47 Å². The van der Waals surface area contributed by atoms with E-state index in [-0.39, 0.29) is 0 Å². The number of benzene rings is 1. The standard InChI is InChI=1S/C21H22N4O2S2/c28-21-24(22-20(19-4-2-10-29-19)25(21)15-6-7-15)12-23-9-1-3-16(23)14-5-8-17-18(11-14)27-13-26-17/h2,4-5,8,10-11,15-16H,1,3,6-7,9,12-13H2. The molecule has 1 saturated carbocycles. The van der Waals surface area contributed by atoms with Crippen molar-refractivity contribution >= 4 is 23.6 Å². The number of nitrogens with zero attached hydrogens (tertiary/aromatic N) is 4. The smallest absolute Gasteiger partial charge is 0.231 e. The Bertz CT molecular complexity index is 1100. The summed E-state index contributed by atoms with van der Waals surface area (Å²) in [5.41, 5.74) is 1.28. The molecule has 1 aliphatic carbocycles. The van der Waals surface area contributed by atoms with Crippen molar-refractivity contribution in [2.24, 2.45) is 0 Å². The second-order valence-corrected chi connectivity index (χ2v) is 9.22. The van der Waals surface area contributed by atoms with Gasteiger partial charge in [-0.25, -0.2) is 4.68 Å². The molecule has 4 heterocycles. The molecule has 3 aromatic rings. The lowest BCUT2D eigenvalue weighted by molar-refractivity contribution is 0.173. The second-order valence-electron chi connectivity index (χ2n) is 7.91. The van der Waals surface area contributed by atoms with Crippen LogP contribution in [0, 0.1) is 4.77 Å². The Balaban J connectivity index is 1.31. The molecule has 6 nitrogen and oxygen atoms in total. The highest BCUT2D eigenvalue weighted by molar-refractivity contribution is 7.71. The van der Waals surface area contributed by atoms with E-state index in [9.17, 15) is 0 Å². The van der Waals surface area contributed by atoms with E-state index in [4.69, 9.17) is 26.8 Å². The Hall–Kier alpha value is -2.16. The van der Waals surface area contributed by atoms with Crippen LogP contribution in [0.3, 0.4) is 0 Å². The van der Waals surface area contributed by atoms with Crippen LogP contribution in [0.5, 0.6) is 11.5 Å². The largest absolute Gasteiger partial charge is 0.454 e. The van der Waals surface area contributed by atoms with Gasteiger partial charge in [0.25, 0.3) is 0 Å². The first kappa shape index (κ1) is 17.7. The summed E-state index contributed by atoms with van der Waals surface area (Å²) in [5.74, 6) is 2.71. The minimum atomic E-state index is 0.312. The molecule has 0 bridgehead atoms. The fourth-order valence-corrected chi connectivity index (χ4v) is 5.45. The molecule has 0 spiro atoms. The van der Waals surface area contributed by atoms with Gasteiger partial charge in [-0.3, -0.25) is 9.47 Å². The number of hydrogen-bond acceptors (Lipinski definition) is 6. The van der Waals surface area contributed by atoms with Crippen molar-refractivity contribution in [3.63, 3.8) is 0 Å². The molecule has 8 heteroatoms. The lowest BCUT2D eigenvalue weighted by Gasteiger charge is -2.24. The number of fused-ring (bicyclic) bond motifs is 1. The lowest BCUT2D eigenvalue weighted by atomic mass is 10.0. The molecular formula is C21H22N4O2S2. The van der Waals surface area contributed by atoms with Gasteiger partial charge in [-0.2, -0.15) is 0 Å². The fraction of sp³-hybridized carbons (Fsp3) is 0.429. The number of ether oxygens (including phenoxy) is 2. The summed E-state index contributed by atoms with van der Waals surface area (Å²) in [6.07, 6.45) is 4.70. The Kier molecular flexibility index (Phi) is 4.25. The predicted molar refractivity (Wildman–Crippen MR) is 114 cm³/mol. The van der Waals surface area contributed by atoms with Crippen LogP contribution in [-0.4, -0.2) is 32.6 Å². The molecule has 1 unspecified atom stereocenters. The van der Waals surface area contributed by atoms with Gasteiger partial charge in [0, 0.05) is 18.6 Å². The van der Waals surface area contributed by atoms with Crippen molar-refractivity contribution in [2.45, 2.75) is 44.4 Å². The Morgan fingerprint density at radius 1 is 1.14 bits per heavy atom. The zero-order valence-corrected chi connectivity index (χ0v) is 17.6. The van der Waals surface area contributed by atoms with E-state index in [1.165, 1.54) is 29.7 Å². The van der Waals surface area contributed by atoms with Gasteiger partial charge in [0.1, 0.15) is 0 Å². The third kappa shape index (κ3) is 3.10. The van der Waals surface area contributed by atoms with E-state index in [0.717, 1.165) is 41.7 Å². The molecule has 2 fully saturated rings. The number of rotatable bonds is 5. The van der Waals surface area contributed by atoms with Gasteiger partial charge in [-0.15, -0.1) is 16.4 Å². The monoisotopic (exact) mass is 426 g/mol. The SMILES string of the molecule is S=c1n(CN2CCCC2c2ccc3c(c2)OCO3)nc(-c2cccs2)n1C1CC1. The first-order valence-electron chi connectivity index (χ1n) is 10.1. The molecule has 0 amide bonds. The predicted octanol–water partition coefficient (Wildman–Crippen LogP) is 5.00. The van der Waals surface area contributed by atoms with Gasteiger partial charge >= 0.3 is 0 Å². The maximum Gasteiger partial charge on any atom is 0.231 e. The second kappa shape index (κ2) is 6.97. The first-order chi connectivity index (χ1) is 14.3. The van der Waals surface area contributed by atoms with Crippen LogP contribution in [0.1, 0.15) is 43.3 Å². The first-order valence-corrected chi connectivity index (χ1v) is 11.4. The highest BCUT2D eigenvalue weighted by Gasteiger charge is 2.32. The van der Waals surface area contributed by atoms with E-state index in [2.05, 4.69) is 39.1 Å². The van der Waals surface area contributed by atoms with E-state index < -0.39 is 0 Å². The van der Waals surface area contributed by atoms with Gasteiger partial charge in [0.2, 0.25) is 6.79 Å². The van der Waals surface area contributed by atoms with Crippen molar-refractivity contribution in [3.05, 3.63) is 46.0 Å². The Morgan fingerprint density at radius 2 is 2.03 bits per heavy atom. The zero-order chi connectivity index (χ0) is 19.4. The highest BCUT2D eigenvalue weighted by atomic mass is 32.1. The summed E-state index contributed by atoms with van der Waals surface area (Å²) in [6.45, 7) is 2.08. The van der Waals surface area contributed by atoms with E-state index >= 15 is 0 Å². The quantitative estimate of drug-likeness (QED) is 0.537. The summed E-state index contributed by atoms with van der Waals surface area (Å²) >= 11 is 7.59. The van der Waals surface area contributed by atoms with Gasteiger partial charge in [-0.05, 0) is 67.0 Å². The number of thiophene rings is 1. The van der Waals surface area contributed by atoms with E-state index in [1.807, 2.05) is 10.7 Å². The molecule has 2 aliphatic heterocycles. The van der Waals surface area contributed by atoms with Gasteiger partial charge in [-0.1, -0.05) is 12.1 Å². The summed E-state index contributed by atoms with van der Waals surface area (Å²) < 4.78 is 16.2. The molecule has 150 valence electrons. The third-order valence-corrected chi connectivity index (χ3v) is 7.26. The molecular weight excluding hydrogens is 404 g/mol. The van der Waals surface area contributed by atoms with Crippen LogP contribution in [-0.2, 0) is 6.67 Å². The average Bonchev–Trinajstić information content (AvgIpc) is 3.19. The average molecular weight is 427 g/mol. The molecule has 3 aliphatic rings. The van der Waals surface area contributed by atoms with Gasteiger partial charge in [0.05, 0.1) is 11.5 Å². The van der Waals surface area contributed by atoms with Crippen LogP contribution in [0.25, 0.3) is 10.7 Å². The van der Waals surface area contributed by atoms with Gasteiger partial charge in [0.15, 0.2) is 22.1 Å². The molecule has 1 atom stereocenters. The molecule has 6 rings (SSSR count). The number of likely N-dealkylation sites (tertiary alicyclic amines) is 1. The zero-order valence-electron chi connectivity index (χ0n) is 16.0. The molecule has 0 radical (unpaired) electrons. The van der Waals surface area contributed by atoms with Crippen molar-refractivity contribution in [1.82, 2.24) is 19.2 Å². The Morgan fingerprint density at radius 3 is 2.86 bits per heavy atom. The summed E-state index contributed by atoms with van der Waals surface area (Å²) in [7, 11) is 0. The molecule has 1 saturated heterocycles. The lowest BCUT2D eigenvalue weighted by Crippen LogP contribution is -2.27. The van der Waals surface area contributed by atoms with Crippen LogP contribution in [0.15, 0.2) is 35.7 Å². The highest BCUT2D eigenvalue weighted by Crippen LogP contribution is 2.41. The minimum Gasteiger partial charge on any atom is -0.454 e. The van der Waals surface area contributed by atoms with E-state index in [1.54, 1.807) is 11.3 Å². The van der Waals surface area contributed by atoms with Crippen molar-refractivity contribution in [3.8, 4) is 22.2 Å². The number of aromatic nitrogens is 3. The van der Waals surface area contributed by atoms with Crippen LogP contribution in [0.2, 0.25) is 0 Å². The maximum absolute atomic E-state index is 5.86. The maximum atomic E-state index is 5.86. The van der Waals surface area contributed by atoms with Crippen LogP contribution >= 0.6 is 23.6 Å². The fourth-order valence-electron chi connectivity index (χ4n) is 4.41. The van der Waals surface area contributed by atoms with Crippen molar-refractivity contribution < 1.29 is 9.47 Å². The topological polar surface area (TPSA) is 44.4 Å². The van der Waals surface area contributed by atoms with Crippen LogP contribution < -0.4 is 9.47 Å². The molecule has 1 aromatic carbocycles. The minimum absolute atomic E-state index is 0.312. The van der Waals surface area contributed by atoms with Crippen molar-refractivity contribution in [2.75, 3.05) is 13.3 Å². The molecule has 2 aromatic heterocycles. The molecule has 0 N–H and O–H groups in total. The summed E-state index contributed by atoms with van der Waals surface area (Å²) in [6, 6.07) is 11.4. The van der Waals surface area contributed by atoms with Crippen molar-refractivity contribution in [1.29, 1.82) is 0 Å². The summed E-state index contributed by atoms with van der Waals surface area (Å²) in [4.78, 5) is 3.67. The Labute approximate surface area is 178 Å². The van der Waals surface area contributed by atoms with Crippen LogP contribution in [0.4, 0.5) is 0 Å². The third-order valence-electron chi connectivity index (χ3n) is 5.98. The molecule has 29 heavy (non-hydrogen) atoms. The number of hydrogen-bond donors (Lipinski definition) is 0.